The Morgan fingerprint density at radius 1 is 1.38 bits per heavy atom. The van der Waals surface area contributed by atoms with Gasteiger partial charge >= 0.3 is 0 Å². The Labute approximate surface area is 104 Å². The highest BCUT2D eigenvalue weighted by Crippen LogP contribution is 2.34. The van der Waals surface area contributed by atoms with Crippen LogP contribution in [0, 0.1) is 0 Å². The Morgan fingerprint density at radius 3 is 2.50 bits per heavy atom. The number of nitrogens with two attached hydrogens (primary N) is 1. The Bertz CT molecular complexity index is 218. The normalized spacial score (nSPS) is 33.8. The van der Waals surface area contributed by atoms with Gasteiger partial charge in [0.15, 0.2) is 0 Å². The molecule has 0 aromatic rings. The molecule has 0 aromatic carbocycles. The Balaban J connectivity index is 1.92. The number of nitrogens with zero attached hydrogens (tertiary/aromatic N) is 2. The van der Waals surface area contributed by atoms with Gasteiger partial charge in [0, 0.05) is 37.0 Å². The molecule has 4 heteroatoms. The van der Waals surface area contributed by atoms with Crippen LogP contribution in [0.3, 0.4) is 0 Å². The molecule has 0 saturated carbocycles. The Hall–Kier alpha value is 0.230. The molecule has 0 amide bonds. The number of hydrogen-bond acceptors (Lipinski definition) is 4. The molecule has 0 aromatic heterocycles. The summed E-state index contributed by atoms with van der Waals surface area (Å²) < 4.78 is 0. The average Bonchev–Trinajstić information content (AvgIpc) is 2.79. The molecule has 1 unspecified atom stereocenters. The molecule has 2 aliphatic rings. The second kappa shape index (κ2) is 5.25. The first kappa shape index (κ1) is 12.7. The highest BCUT2D eigenvalue weighted by molar-refractivity contribution is 7.99. The van der Waals surface area contributed by atoms with Gasteiger partial charge in [-0.1, -0.05) is 0 Å². The van der Waals surface area contributed by atoms with E-state index >= 15 is 0 Å². The largest absolute Gasteiger partial charge is 0.329 e. The second-order valence-electron chi connectivity index (χ2n) is 5.41. The lowest BCUT2D eigenvalue weighted by Gasteiger charge is -2.45. The van der Waals surface area contributed by atoms with E-state index in [1.165, 1.54) is 43.9 Å². The molecule has 94 valence electrons. The van der Waals surface area contributed by atoms with E-state index in [1.54, 1.807) is 0 Å². The highest BCUT2D eigenvalue weighted by Gasteiger charge is 2.40. The zero-order valence-corrected chi connectivity index (χ0v) is 11.4. The SMILES string of the molecule is CN(C)C1CCN(C2(CN)CCSC2)CC1. The minimum absolute atomic E-state index is 0.335. The summed E-state index contributed by atoms with van der Waals surface area (Å²) in [4.78, 5) is 5.04. The predicted octanol–water partition coefficient (Wildman–Crippen LogP) is 0.847. The van der Waals surface area contributed by atoms with E-state index in [0.717, 1.165) is 12.6 Å². The van der Waals surface area contributed by atoms with Crippen molar-refractivity contribution in [2.75, 3.05) is 45.2 Å². The lowest BCUT2D eigenvalue weighted by molar-refractivity contribution is 0.0604. The molecule has 0 radical (unpaired) electrons. The third-order valence-corrected chi connectivity index (χ3v) is 5.56. The molecule has 1 atom stereocenters. The predicted molar refractivity (Wildman–Crippen MR) is 72.0 cm³/mol. The van der Waals surface area contributed by atoms with Gasteiger partial charge in [-0.15, -0.1) is 0 Å². The van der Waals surface area contributed by atoms with Crippen molar-refractivity contribution in [2.24, 2.45) is 5.73 Å². The smallest absolute Gasteiger partial charge is 0.0429 e. The molecule has 2 rings (SSSR count). The number of likely N-dealkylation sites (tertiary alicyclic amines) is 1. The van der Waals surface area contributed by atoms with Crippen LogP contribution in [0.4, 0.5) is 0 Å². The van der Waals surface area contributed by atoms with Gasteiger partial charge in [-0.25, -0.2) is 0 Å². The van der Waals surface area contributed by atoms with E-state index in [1.807, 2.05) is 0 Å². The van der Waals surface area contributed by atoms with Crippen LogP contribution >= 0.6 is 11.8 Å². The van der Waals surface area contributed by atoms with E-state index in [4.69, 9.17) is 5.73 Å². The monoisotopic (exact) mass is 243 g/mol. The molecule has 0 bridgehead atoms. The fourth-order valence-corrected chi connectivity index (χ4v) is 4.49. The lowest BCUT2D eigenvalue weighted by Crippen LogP contribution is -2.58. The van der Waals surface area contributed by atoms with Crippen LogP contribution in [-0.2, 0) is 0 Å². The first-order valence-corrected chi connectivity index (χ1v) is 7.53. The first-order chi connectivity index (χ1) is 7.68. The van der Waals surface area contributed by atoms with Crippen LogP contribution in [0.5, 0.6) is 0 Å². The van der Waals surface area contributed by atoms with Gasteiger partial charge in [-0.2, -0.15) is 11.8 Å². The molecule has 3 nitrogen and oxygen atoms in total. The first-order valence-electron chi connectivity index (χ1n) is 6.37. The number of thioether (sulfide) groups is 1. The lowest BCUT2D eigenvalue weighted by atomic mass is 9.92. The van der Waals surface area contributed by atoms with Crippen molar-refractivity contribution in [1.82, 2.24) is 9.80 Å². The molecular formula is C12H25N3S. The fourth-order valence-electron chi connectivity index (χ4n) is 2.99. The van der Waals surface area contributed by atoms with Crippen molar-refractivity contribution in [3.63, 3.8) is 0 Å². The molecular weight excluding hydrogens is 218 g/mol. The van der Waals surface area contributed by atoms with Crippen LogP contribution in [0.1, 0.15) is 19.3 Å². The zero-order valence-electron chi connectivity index (χ0n) is 10.6. The van der Waals surface area contributed by atoms with Crippen LogP contribution in [0.25, 0.3) is 0 Å². The maximum absolute atomic E-state index is 6.03. The van der Waals surface area contributed by atoms with E-state index in [-0.39, 0.29) is 0 Å². The fraction of sp³-hybridized carbons (Fsp3) is 1.00. The maximum Gasteiger partial charge on any atom is 0.0429 e. The van der Waals surface area contributed by atoms with Gasteiger partial charge in [-0.05, 0) is 39.1 Å². The minimum Gasteiger partial charge on any atom is -0.329 e. The Kier molecular flexibility index (Phi) is 4.16. The summed E-state index contributed by atoms with van der Waals surface area (Å²) in [5, 5.41) is 0. The van der Waals surface area contributed by atoms with Gasteiger partial charge in [0.2, 0.25) is 0 Å². The standard InChI is InChI=1S/C12H25N3S/c1-14(2)11-3-6-15(7-4-11)12(9-13)5-8-16-10-12/h11H,3-10,13H2,1-2H3. The summed E-state index contributed by atoms with van der Waals surface area (Å²) in [5.41, 5.74) is 6.36. The molecule has 0 aliphatic carbocycles. The van der Waals surface area contributed by atoms with Crippen molar-refractivity contribution < 1.29 is 0 Å². The van der Waals surface area contributed by atoms with Crippen molar-refractivity contribution >= 4 is 11.8 Å². The van der Waals surface area contributed by atoms with E-state index < -0.39 is 0 Å². The zero-order chi connectivity index (χ0) is 11.6. The summed E-state index contributed by atoms with van der Waals surface area (Å²) in [5.74, 6) is 2.54. The number of hydrogen-bond donors (Lipinski definition) is 1. The van der Waals surface area contributed by atoms with E-state index in [0.29, 0.717) is 5.54 Å². The number of rotatable bonds is 3. The molecule has 2 heterocycles. The van der Waals surface area contributed by atoms with Crippen LogP contribution < -0.4 is 5.73 Å². The summed E-state index contributed by atoms with van der Waals surface area (Å²) in [6.45, 7) is 3.31. The molecule has 2 aliphatic heterocycles. The van der Waals surface area contributed by atoms with Crippen molar-refractivity contribution in [2.45, 2.75) is 30.8 Å². The third-order valence-electron chi connectivity index (χ3n) is 4.33. The molecule has 2 saturated heterocycles. The Morgan fingerprint density at radius 2 is 2.06 bits per heavy atom. The van der Waals surface area contributed by atoms with E-state index in [2.05, 4.69) is 35.7 Å². The van der Waals surface area contributed by atoms with Crippen molar-refractivity contribution in [3.8, 4) is 0 Å². The summed E-state index contributed by atoms with van der Waals surface area (Å²) >= 11 is 2.07. The number of piperidine rings is 1. The van der Waals surface area contributed by atoms with Crippen molar-refractivity contribution in [1.29, 1.82) is 0 Å². The van der Waals surface area contributed by atoms with Gasteiger partial charge in [0.1, 0.15) is 0 Å². The van der Waals surface area contributed by atoms with Crippen LogP contribution in [0.15, 0.2) is 0 Å². The van der Waals surface area contributed by atoms with Crippen LogP contribution in [-0.4, -0.2) is 66.6 Å². The topological polar surface area (TPSA) is 32.5 Å². The summed E-state index contributed by atoms with van der Waals surface area (Å²) in [7, 11) is 4.40. The van der Waals surface area contributed by atoms with Gasteiger partial charge < -0.3 is 10.6 Å². The van der Waals surface area contributed by atoms with Crippen molar-refractivity contribution in [3.05, 3.63) is 0 Å². The molecule has 16 heavy (non-hydrogen) atoms. The second-order valence-corrected chi connectivity index (χ2v) is 6.52. The average molecular weight is 243 g/mol. The summed E-state index contributed by atoms with van der Waals surface area (Å²) in [6.07, 6.45) is 3.90. The molecule has 0 spiro atoms. The highest BCUT2D eigenvalue weighted by atomic mass is 32.2. The molecule has 2 N–H and O–H groups in total. The van der Waals surface area contributed by atoms with Crippen LogP contribution in [0.2, 0.25) is 0 Å². The summed E-state index contributed by atoms with van der Waals surface area (Å²) in [6, 6.07) is 0.778. The van der Waals surface area contributed by atoms with Gasteiger partial charge in [-0.3, -0.25) is 4.90 Å². The quantitative estimate of drug-likeness (QED) is 0.796. The minimum atomic E-state index is 0.335. The van der Waals surface area contributed by atoms with E-state index in [9.17, 15) is 0 Å². The molecule has 2 fully saturated rings. The van der Waals surface area contributed by atoms with Gasteiger partial charge in [0.25, 0.3) is 0 Å². The van der Waals surface area contributed by atoms with Gasteiger partial charge in [0.05, 0.1) is 0 Å². The maximum atomic E-state index is 6.03. The third kappa shape index (κ3) is 2.40.